The predicted molar refractivity (Wildman–Crippen MR) is 69.0 cm³/mol. The van der Waals surface area contributed by atoms with Crippen molar-refractivity contribution in [3.63, 3.8) is 0 Å². The molecule has 0 aromatic carbocycles. The number of rotatable bonds is 3. The van der Waals surface area contributed by atoms with E-state index in [1.807, 2.05) is 6.92 Å². The van der Waals surface area contributed by atoms with Crippen LogP contribution < -0.4 is 5.32 Å². The molecule has 0 aromatic heterocycles. The molecule has 0 heterocycles. The van der Waals surface area contributed by atoms with E-state index in [1.165, 1.54) is 0 Å². The van der Waals surface area contributed by atoms with Crippen LogP contribution in [0.3, 0.4) is 0 Å². The second-order valence-electron chi connectivity index (χ2n) is 5.98. The number of alkyl halides is 1. The maximum absolute atomic E-state index is 12.2. The van der Waals surface area contributed by atoms with Gasteiger partial charge >= 0.3 is 0 Å². The minimum absolute atomic E-state index is 0.00981. The van der Waals surface area contributed by atoms with Crippen LogP contribution in [0.4, 0.5) is 0 Å². The first-order valence-corrected chi connectivity index (χ1v) is 6.69. The van der Waals surface area contributed by atoms with Crippen molar-refractivity contribution in [2.45, 2.75) is 70.3 Å². The van der Waals surface area contributed by atoms with E-state index in [9.17, 15) is 4.79 Å². The van der Waals surface area contributed by atoms with Gasteiger partial charge in [-0.3, -0.25) is 4.79 Å². The van der Waals surface area contributed by atoms with Crippen LogP contribution in [0.25, 0.3) is 0 Å². The van der Waals surface area contributed by atoms with E-state index in [0.29, 0.717) is 5.78 Å². The number of Topliss-reactive ketones (excluding diaryl/α,β-unsaturated/α-hetero) is 1. The lowest BCUT2D eigenvalue weighted by atomic mass is 9.83. The Morgan fingerprint density at radius 1 is 1.38 bits per heavy atom. The predicted octanol–water partition coefficient (Wildman–Crippen LogP) is 3.13. The topological polar surface area (TPSA) is 29.1 Å². The molecule has 0 spiro atoms. The van der Waals surface area contributed by atoms with E-state index in [4.69, 9.17) is 11.6 Å². The standard InChI is InChI=1S/C13H24ClNO/c1-9(15-13(2,3)4)12(16)10-6-5-7-11(14)8-10/h9-11,15H,5-8H2,1-4H3. The Hall–Kier alpha value is -0.0800. The third kappa shape index (κ3) is 4.42. The van der Waals surface area contributed by atoms with Crippen molar-refractivity contribution in [1.82, 2.24) is 5.32 Å². The van der Waals surface area contributed by atoms with Gasteiger partial charge in [-0.05, 0) is 47.0 Å². The van der Waals surface area contributed by atoms with Crippen LogP contribution in [-0.2, 0) is 4.79 Å². The van der Waals surface area contributed by atoms with Crippen LogP contribution >= 0.6 is 11.6 Å². The molecule has 1 N–H and O–H groups in total. The number of carbonyl (C=O) groups excluding carboxylic acids is 1. The van der Waals surface area contributed by atoms with E-state index in [2.05, 4.69) is 26.1 Å². The summed E-state index contributed by atoms with van der Waals surface area (Å²) in [7, 11) is 0. The number of carbonyl (C=O) groups is 1. The van der Waals surface area contributed by atoms with E-state index in [-0.39, 0.29) is 22.9 Å². The second-order valence-corrected chi connectivity index (χ2v) is 6.60. The summed E-state index contributed by atoms with van der Waals surface area (Å²) in [5.74, 6) is 0.501. The Morgan fingerprint density at radius 3 is 2.50 bits per heavy atom. The SMILES string of the molecule is CC(NC(C)(C)C)C(=O)C1CCCC(Cl)C1. The van der Waals surface area contributed by atoms with Crippen LogP contribution in [0, 0.1) is 5.92 Å². The Kier molecular flexibility index (Phi) is 4.81. The molecule has 1 rings (SSSR count). The minimum Gasteiger partial charge on any atom is -0.303 e. The monoisotopic (exact) mass is 245 g/mol. The van der Waals surface area contributed by atoms with Crippen molar-refractivity contribution in [2.75, 3.05) is 0 Å². The average molecular weight is 246 g/mol. The van der Waals surface area contributed by atoms with Crippen molar-refractivity contribution >= 4 is 17.4 Å². The van der Waals surface area contributed by atoms with Crippen molar-refractivity contribution in [1.29, 1.82) is 0 Å². The molecule has 1 fully saturated rings. The second kappa shape index (κ2) is 5.50. The average Bonchev–Trinajstić information content (AvgIpc) is 2.14. The summed E-state index contributed by atoms with van der Waals surface area (Å²) >= 11 is 6.12. The maximum atomic E-state index is 12.2. The van der Waals surface area contributed by atoms with E-state index in [1.54, 1.807) is 0 Å². The smallest absolute Gasteiger partial charge is 0.152 e. The zero-order valence-electron chi connectivity index (χ0n) is 10.8. The quantitative estimate of drug-likeness (QED) is 0.774. The van der Waals surface area contributed by atoms with Gasteiger partial charge in [-0.25, -0.2) is 0 Å². The largest absolute Gasteiger partial charge is 0.303 e. The maximum Gasteiger partial charge on any atom is 0.152 e. The fraction of sp³-hybridized carbons (Fsp3) is 0.923. The van der Waals surface area contributed by atoms with Crippen LogP contribution in [0.15, 0.2) is 0 Å². The molecule has 1 aliphatic carbocycles. The highest BCUT2D eigenvalue weighted by Gasteiger charge is 2.30. The van der Waals surface area contributed by atoms with E-state index >= 15 is 0 Å². The van der Waals surface area contributed by atoms with Crippen molar-refractivity contribution in [2.24, 2.45) is 5.92 Å². The lowest BCUT2D eigenvalue weighted by Gasteiger charge is -2.30. The zero-order valence-corrected chi connectivity index (χ0v) is 11.6. The Labute approximate surface area is 104 Å². The van der Waals surface area contributed by atoms with Crippen molar-refractivity contribution in [3.8, 4) is 0 Å². The summed E-state index contributed by atoms with van der Waals surface area (Å²) in [4.78, 5) is 12.2. The van der Waals surface area contributed by atoms with Gasteiger partial charge < -0.3 is 5.32 Å². The molecule has 3 unspecified atom stereocenters. The molecule has 0 amide bonds. The van der Waals surface area contributed by atoms with Crippen LogP contribution in [-0.4, -0.2) is 22.7 Å². The number of halogens is 1. The van der Waals surface area contributed by atoms with Gasteiger partial charge in [-0.15, -0.1) is 11.6 Å². The Balaban J connectivity index is 2.49. The first-order chi connectivity index (χ1) is 7.29. The lowest BCUT2D eigenvalue weighted by Crippen LogP contribution is -2.48. The molecule has 0 radical (unpaired) electrons. The number of ketones is 1. The van der Waals surface area contributed by atoms with Crippen LogP contribution in [0.1, 0.15) is 53.4 Å². The zero-order chi connectivity index (χ0) is 12.3. The van der Waals surface area contributed by atoms with Gasteiger partial charge in [0.1, 0.15) is 0 Å². The fourth-order valence-corrected chi connectivity index (χ4v) is 2.83. The molecule has 0 saturated heterocycles. The summed E-state index contributed by atoms with van der Waals surface area (Å²) in [6, 6.07) is -0.0630. The summed E-state index contributed by atoms with van der Waals surface area (Å²) < 4.78 is 0. The normalized spacial score (nSPS) is 28.8. The fourth-order valence-electron chi connectivity index (χ4n) is 2.46. The minimum atomic E-state index is -0.0630. The van der Waals surface area contributed by atoms with Gasteiger partial charge in [-0.1, -0.05) is 6.42 Å². The molecule has 3 atom stereocenters. The van der Waals surface area contributed by atoms with Crippen LogP contribution in [0.2, 0.25) is 0 Å². The summed E-state index contributed by atoms with van der Waals surface area (Å²) in [6.45, 7) is 8.22. The molecule has 0 aliphatic heterocycles. The Morgan fingerprint density at radius 2 is 2.00 bits per heavy atom. The van der Waals surface area contributed by atoms with E-state index < -0.39 is 0 Å². The summed E-state index contributed by atoms with van der Waals surface area (Å²) in [5, 5.41) is 3.54. The molecule has 94 valence electrons. The number of hydrogen-bond acceptors (Lipinski definition) is 2. The van der Waals surface area contributed by atoms with Crippen molar-refractivity contribution in [3.05, 3.63) is 0 Å². The molecule has 1 aliphatic rings. The third-order valence-electron chi connectivity index (χ3n) is 3.09. The van der Waals surface area contributed by atoms with Crippen molar-refractivity contribution < 1.29 is 4.79 Å². The molecule has 16 heavy (non-hydrogen) atoms. The van der Waals surface area contributed by atoms with Gasteiger partial charge in [0.2, 0.25) is 0 Å². The highest BCUT2D eigenvalue weighted by molar-refractivity contribution is 6.20. The first kappa shape index (κ1) is 14.0. The third-order valence-corrected chi connectivity index (χ3v) is 3.49. The molecule has 0 bridgehead atoms. The number of hydrogen-bond donors (Lipinski definition) is 1. The van der Waals surface area contributed by atoms with Gasteiger partial charge in [-0.2, -0.15) is 0 Å². The summed E-state index contributed by atoms with van der Waals surface area (Å²) in [5.41, 5.74) is -0.00981. The summed E-state index contributed by atoms with van der Waals surface area (Å²) in [6.07, 6.45) is 4.02. The van der Waals surface area contributed by atoms with Gasteiger partial charge in [0.05, 0.1) is 6.04 Å². The Bertz CT molecular complexity index is 247. The van der Waals surface area contributed by atoms with Gasteiger partial charge in [0.15, 0.2) is 5.78 Å². The molecule has 3 heteroatoms. The lowest BCUT2D eigenvalue weighted by molar-refractivity contribution is -0.125. The highest BCUT2D eigenvalue weighted by atomic mass is 35.5. The highest BCUT2D eigenvalue weighted by Crippen LogP contribution is 2.29. The van der Waals surface area contributed by atoms with Crippen LogP contribution in [0.5, 0.6) is 0 Å². The molecular formula is C13H24ClNO. The van der Waals surface area contributed by atoms with Gasteiger partial charge in [0, 0.05) is 16.8 Å². The molecule has 1 saturated carbocycles. The van der Waals surface area contributed by atoms with E-state index in [0.717, 1.165) is 25.7 Å². The molecular weight excluding hydrogens is 222 g/mol. The molecule has 2 nitrogen and oxygen atoms in total. The molecule has 0 aromatic rings. The van der Waals surface area contributed by atoms with Gasteiger partial charge in [0.25, 0.3) is 0 Å². The number of nitrogens with one attached hydrogen (secondary N) is 1. The first-order valence-electron chi connectivity index (χ1n) is 6.25.